The van der Waals surface area contributed by atoms with Gasteiger partial charge in [-0.25, -0.2) is 15.0 Å². The highest BCUT2D eigenvalue weighted by atomic mass is 19.1. The minimum atomic E-state index is -0.617. The van der Waals surface area contributed by atoms with Crippen LogP contribution in [0.3, 0.4) is 0 Å². The highest BCUT2D eigenvalue weighted by Gasteiger charge is 2.10. The molecule has 0 saturated carbocycles. The maximum Gasteiger partial charge on any atom is 0.250 e. The van der Waals surface area contributed by atoms with Crippen molar-refractivity contribution in [3.8, 4) is 11.5 Å². The van der Waals surface area contributed by atoms with Crippen molar-refractivity contribution in [3.05, 3.63) is 36.4 Å². The van der Waals surface area contributed by atoms with Crippen molar-refractivity contribution in [2.75, 3.05) is 5.32 Å². The molecule has 0 aliphatic carbocycles. The molecule has 0 atom stereocenters. The number of hydrogen-bond acceptors (Lipinski definition) is 5. The number of nitrogens with one attached hydrogen (secondary N) is 2. The molecule has 3 rings (SSSR count). The van der Waals surface area contributed by atoms with E-state index in [0.717, 1.165) is 6.34 Å². The van der Waals surface area contributed by atoms with Crippen molar-refractivity contribution in [1.82, 2.24) is 15.0 Å². The molecule has 0 aliphatic rings. The Hall–Kier alpha value is -3.16. The van der Waals surface area contributed by atoms with Gasteiger partial charge in [-0.1, -0.05) is 0 Å². The molecular weight excluding hydrogens is 275 g/mol. The second-order valence-corrected chi connectivity index (χ2v) is 3.96. The third-order valence-electron chi connectivity index (χ3n) is 2.59. The van der Waals surface area contributed by atoms with Crippen molar-refractivity contribution < 1.29 is 8.81 Å². The van der Waals surface area contributed by atoms with Gasteiger partial charge in [0.25, 0.3) is 0 Å². The van der Waals surface area contributed by atoms with Crippen LogP contribution in [0.15, 0.2) is 39.9 Å². The van der Waals surface area contributed by atoms with E-state index in [2.05, 4.69) is 25.3 Å². The topological polar surface area (TPSA) is 100 Å². The Morgan fingerprint density at radius 2 is 2.14 bits per heavy atom. The Morgan fingerprint density at radius 1 is 1.24 bits per heavy atom. The van der Waals surface area contributed by atoms with Gasteiger partial charge in [-0.2, -0.15) is 9.37 Å². The first kappa shape index (κ1) is 12.9. The van der Waals surface area contributed by atoms with Crippen LogP contribution < -0.4 is 5.32 Å². The summed E-state index contributed by atoms with van der Waals surface area (Å²) in [5, 5.41) is 9.54. The lowest BCUT2D eigenvalue weighted by Gasteiger charge is -1.99. The molecule has 7 nitrogen and oxygen atoms in total. The van der Waals surface area contributed by atoms with E-state index in [1.807, 2.05) is 0 Å². The molecule has 3 heterocycles. The van der Waals surface area contributed by atoms with Crippen LogP contribution in [-0.2, 0) is 0 Å². The van der Waals surface area contributed by atoms with E-state index in [9.17, 15) is 4.39 Å². The van der Waals surface area contributed by atoms with Gasteiger partial charge in [0.1, 0.15) is 17.7 Å². The fraction of sp³-hybridized carbons (Fsp3) is 0. The fourth-order valence-electron chi connectivity index (χ4n) is 1.66. The summed E-state index contributed by atoms with van der Waals surface area (Å²) >= 11 is 0. The van der Waals surface area contributed by atoms with Gasteiger partial charge in [0, 0.05) is 6.20 Å². The molecule has 0 amide bonds. The molecule has 0 bridgehead atoms. The molecule has 3 aromatic rings. The number of hydrogen-bond donors (Lipinski definition) is 2. The minimum absolute atomic E-state index is 0.144. The van der Waals surface area contributed by atoms with E-state index in [4.69, 9.17) is 9.83 Å². The number of halogens is 1. The predicted octanol–water partition coefficient (Wildman–Crippen LogP) is 2.47. The predicted molar refractivity (Wildman–Crippen MR) is 75.9 cm³/mol. The quantitative estimate of drug-likeness (QED) is 0.435. The summed E-state index contributed by atoms with van der Waals surface area (Å²) in [5.41, 5.74) is 1.26. The summed E-state index contributed by atoms with van der Waals surface area (Å²) in [4.78, 5) is 15.6. The molecule has 0 radical (unpaired) electrons. The molecule has 2 N–H and O–H groups in total. The summed E-state index contributed by atoms with van der Waals surface area (Å²) in [5.74, 6) is 0.258. The van der Waals surface area contributed by atoms with Crippen LogP contribution in [-0.4, -0.2) is 27.6 Å². The van der Waals surface area contributed by atoms with Crippen LogP contribution in [0.5, 0.6) is 0 Å². The van der Waals surface area contributed by atoms with Gasteiger partial charge in [-0.05, 0) is 24.3 Å². The van der Waals surface area contributed by atoms with Gasteiger partial charge < -0.3 is 9.73 Å². The standard InChI is InChI=1S/C13H9FN6O/c14-10-3-2-9-13(20-10)21-12(19-9)8-1-4-11(17-5-8)18-7-16-6-15/h1-7H,(H2,15,16,17,18). The lowest BCUT2D eigenvalue weighted by atomic mass is 10.3. The number of rotatable bonds is 4. The first-order chi connectivity index (χ1) is 10.3. The summed E-state index contributed by atoms with van der Waals surface area (Å²) < 4.78 is 18.4. The summed E-state index contributed by atoms with van der Waals surface area (Å²) in [7, 11) is 0. The van der Waals surface area contributed by atoms with Crippen molar-refractivity contribution in [3.63, 3.8) is 0 Å². The SMILES string of the molecule is N=C/N=C\Nc1ccc(-c2nc3ccc(F)nc3o2)cn1. The smallest absolute Gasteiger partial charge is 0.250 e. The summed E-state index contributed by atoms with van der Waals surface area (Å²) in [6, 6.07) is 6.17. The fourth-order valence-corrected chi connectivity index (χ4v) is 1.66. The van der Waals surface area contributed by atoms with Crippen LogP contribution in [0.2, 0.25) is 0 Å². The number of anilines is 1. The van der Waals surface area contributed by atoms with E-state index in [1.165, 1.54) is 18.5 Å². The molecule has 0 spiro atoms. The lowest BCUT2D eigenvalue weighted by Crippen LogP contribution is -1.97. The number of pyridine rings is 2. The van der Waals surface area contributed by atoms with E-state index in [0.29, 0.717) is 22.8 Å². The zero-order valence-electron chi connectivity index (χ0n) is 10.6. The molecule has 8 heteroatoms. The largest absolute Gasteiger partial charge is 0.418 e. The molecule has 3 aromatic heterocycles. The Bertz CT molecular complexity index is 811. The van der Waals surface area contributed by atoms with Crippen LogP contribution >= 0.6 is 0 Å². The first-order valence-corrected chi connectivity index (χ1v) is 5.93. The highest BCUT2D eigenvalue weighted by molar-refractivity contribution is 5.80. The van der Waals surface area contributed by atoms with Crippen LogP contribution in [0, 0.1) is 11.4 Å². The number of fused-ring (bicyclic) bond motifs is 1. The summed E-state index contributed by atoms with van der Waals surface area (Å²) in [6.07, 6.45) is 3.81. The van der Waals surface area contributed by atoms with Crippen LogP contribution in [0.25, 0.3) is 22.7 Å². The van der Waals surface area contributed by atoms with Crippen molar-refractivity contribution in [1.29, 1.82) is 5.41 Å². The summed E-state index contributed by atoms with van der Waals surface area (Å²) in [6.45, 7) is 0. The molecule has 21 heavy (non-hydrogen) atoms. The number of aliphatic imine (C=N–C) groups is 1. The Morgan fingerprint density at radius 3 is 2.90 bits per heavy atom. The van der Waals surface area contributed by atoms with Crippen molar-refractivity contribution >= 4 is 29.7 Å². The van der Waals surface area contributed by atoms with Gasteiger partial charge >= 0.3 is 0 Å². The Balaban J connectivity index is 1.88. The maximum absolute atomic E-state index is 13.0. The third kappa shape index (κ3) is 2.73. The molecule has 104 valence electrons. The second kappa shape index (κ2) is 5.45. The van der Waals surface area contributed by atoms with Gasteiger partial charge in [0.2, 0.25) is 17.6 Å². The first-order valence-electron chi connectivity index (χ1n) is 5.93. The van der Waals surface area contributed by atoms with E-state index in [1.54, 1.807) is 18.3 Å². The zero-order chi connectivity index (χ0) is 14.7. The minimum Gasteiger partial charge on any atom is -0.418 e. The third-order valence-corrected chi connectivity index (χ3v) is 2.59. The van der Waals surface area contributed by atoms with Crippen molar-refractivity contribution in [2.45, 2.75) is 0 Å². The molecule has 0 unspecified atom stereocenters. The van der Waals surface area contributed by atoms with Crippen LogP contribution in [0.4, 0.5) is 10.2 Å². The lowest BCUT2D eigenvalue weighted by molar-refractivity contribution is 0.559. The molecular formula is C13H9FN6O. The average molecular weight is 284 g/mol. The van der Waals surface area contributed by atoms with E-state index in [-0.39, 0.29) is 5.71 Å². The van der Waals surface area contributed by atoms with E-state index >= 15 is 0 Å². The number of nitrogens with zero attached hydrogens (tertiary/aromatic N) is 4. The number of aromatic nitrogens is 3. The maximum atomic E-state index is 13.0. The number of oxazole rings is 1. The Kier molecular flexibility index (Phi) is 3.34. The van der Waals surface area contributed by atoms with Gasteiger partial charge in [-0.15, -0.1) is 0 Å². The van der Waals surface area contributed by atoms with Gasteiger partial charge in [0.05, 0.1) is 11.9 Å². The van der Waals surface area contributed by atoms with Crippen molar-refractivity contribution in [2.24, 2.45) is 4.99 Å². The average Bonchev–Trinajstić information content (AvgIpc) is 2.91. The normalized spacial score (nSPS) is 11.1. The van der Waals surface area contributed by atoms with Gasteiger partial charge in [-0.3, -0.25) is 5.41 Å². The monoisotopic (exact) mass is 284 g/mol. The molecule has 0 saturated heterocycles. The van der Waals surface area contributed by atoms with E-state index < -0.39 is 5.95 Å². The molecule has 0 aliphatic heterocycles. The Labute approximate surface area is 118 Å². The zero-order valence-corrected chi connectivity index (χ0v) is 10.6. The molecule has 0 fully saturated rings. The van der Waals surface area contributed by atoms with Gasteiger partial charge in [0.15, 0.2) is 0 Å². The highest BCUT2D eigenvalue weighted by Crippen LogP contribution is 2.23. The molecule has 0 aromatic carbocycles. The van der Waals surface area contributed by atoms with Crippen LogP contribution in [0.1, 0.15) is 0 Å². The second-order valence-electron chi connectivity index (χ2n) is 3.96.